The molecule has 1 aromatic rings. The van der Waals surface area contributed by atoms with Crippen LogP contribution in [-0.2, 0) is 12.6 Å². The molecule has 3 heteroatoms. The van der Waals surface area contributed by atoms with Gasteiger partial charge in [0, 0.05) is 12.0 Å². The van der Waals surface area contributed by atoms with Gasteiger partial charge in [0.05, 0.1) is 0 Å². The molecule has 0 bridgehead atoms. The third kappa shape index (κ3) is 2.67. The van der Waals surface area contributed by atoms with Crippen LogP contribution in [0, 0.1) is 0 Å². The zero-order valence-corrected chi connectivity index (χ0v) is 10.5. The Morgan fingerprint density at radius 3 is 2.50 bits per heavy atom. The van der Waals surface area contributed by atoms with Gasteiger partial charge in [0.1, 0.15) is 0 Å². The van der Waals surface area contributed by atoms with Crippen LogP contribution in [0.5, 0.6) is 0 Å². The van der Waals surface area contributed by atoms with Crippen molar-refractivity contribution in [3.63, 3.8) is 0 Å². The minimum Gasteiger partial charge on any atom is -0.759 e. The molecule has 1 aliphatic rings. The van der Waals surface area contributed by atoms with Gasteiger partial charge in [-0.15, -0.1) is 0 Å². The lowest BCUT2D eigenvalue weighted by Crippen LogP contribution is -2.02. The van der Waals surface area contributed by atoms with Crippen LogP contribution >= 0.6 is 0 Å². The minimum absolute atomic E-state index is 0.582. The number of hydrogen-bond donors (Lipinski definition) is 0. The van der Waals surface area contributed by atoms with Crippen molar-refractivity contribution in [3.05, 3.63) is 35.4 Å². The molecule has 0 amide bonds. The van der Waals surface area contributed by atoms with Crippen LogP contribution in [0.4, 0.5) is 0 Å². The zero-order valence-electron chi connectivity index (χ0n) is 9.68. The Labute approximate surface area is 102 Å². The van der Waals surface area contributed by atoms with E-state index < -0.39 is 0 Å². The van der Waals surface area contributed by atoms with Crippen LogP contribution in [0.15, 0.2) is 29.4 Å². The van der Waals surface area contributed by atoms with Crippen molar-refractivity contribution in [2.45, 2.75) is 26.2 Å². The summed E-state index contributed by atoms with van der Waals surface area (Å²) in [6, 6.07) is 8.61. The first kappa shape index (κ1) is 11.3. The highest BCUT2D eigenvalue weighted by atomic mass is 32.1. The van der Waals surface area contributed by atoms with Gasteiger partial charge in [-0.25, -0.2) is 0 Å². The lowest BCUT2D eigenvalue weighted by Gasteiger charge is -2.03. The van der Waals surface area contributed by atoms with E-state index in [1.54, 1.807) is 0 Å². The van der Waals surface area contributed by atoms with E-state index in [4.69, 9.17) is 12.6 Å². The van der Waals surface area contributed by atoms with Gasteiger partial charge < -0.3 is 12.6 Å². The van der Waals surface area contributed by atoms with Gasteiger partial charge in [-0.3, -0.25) is 0 Å². The Morgan fingerprint density at radius 2 is 2.00 bits per heavy atom. The molecule has 0 radical (unpaired) electrons. The number of hydrazone groups is 1. The summed E-state index contributed by atoms with van der Waals surface area (Å²) in [5.74, 6) is 0.582. The summed E-state index contributed by atoms with van der Waals surface area (Å²) >= 11 is 5.04. The van der Waals surface area contributed by atoms with Crippen LogP contribution in [0.3, 0.4) is 0 Å². The number of rotatable bonds is 2. The predicted molar refractivity (Wildman–Crippen MR) is 70.2 cm³/mol. The fourth-order valence-corrected chi connectivity index (χ4v) is 1.88. The van der Waals surface area contributed by atoms with Gasteiger partial charge in [-0.1, -0.05) is 30.7 Å². The summed E-state index contributed by atoms with van der Waals surface area (Å²) in [7, 11) is 0. The zero-order chi connectivity index (χ0) is 11.5. The van der Waals surface area contributed by atoms with Crippen molar-refractivity contribution in [3.8, 4) is 0 Å². The Kier molecular flexibility index (Phi) is 3.34. The highest BCUT2D eigenvalue weighted by Gasteiger charge is 2.10. The molecule has 2 nitrogen and oxygen atoms in total. The third-order valence-electron chi connectivity index (χ3n) is 2.70. The Bertz CT molecular complexity index is 430. The summed E-state index contributed by atoms with van der Waals surface area (Å²) in [6.07, 6.45) is 2.94. The maximum atomic E-state index is 5.04. The molecule has 0 unspecified atom stereocenters. The maximum absolute atomic E-state index is 5.04. The molecule has 1 heterocycles. The SMILES string of the molecule is CC(C)c1ccc(/C=[N+]2\CCC([S-])=N2)cc1. The molecule has 0 saturated carbocycles. The highest BCUT2D eigenvalue weighted by molar-refractivity contribution is 7.77. The first-order valence-corrected chi connectivity index (χ1v) is 6.02. The summed E-state index contributed by atoms with van der Waals surface area (Å²) in [5.41, 5.74) is 2.55. The summed E-state index contributed by atoms with van der Waals surface area (Å²) in [5, 5.41) is 5.05. The van der Waals surface area contributed by atoms with Crippen molar-refractivity contribution < 1.29 is 4.68 Å². The largest absolute Gasteiger partial charge is 0.759 e. The Morgan fingerprint density at radius 1 is 1.31 bits per heavy atom. The molecule has 0 spiro atoms. The lowest BCUT2D eigenvalue weighted by atomic mass is 10.0. The van der Waals surface area contributed by atoms with Crippen molar-refractivity contribution >= 4 is 23.9 Å². The van der Waals surface area contributed by atoms with E-state index in [2.05, 4.69) is 43.2 Å². The van der Waals surface area contributed by atoms with E-state index >= 15 is 0 Å². The molecule has 1 aliphatic heterocycles. The van der Waals surface area contributed by atoms with Crippen molar-refractivity contribution in [2.24, 2.45) is 5.10 Å². The van der Waals surface area contributed by atoms with Crippen LogP contribution in [-0.4, -0.2) is 22.5 Å². The van der Waals surface area contributed by atoms with Crippen LogP contribution in [0.1, 0.15) is 37.3 Å². The quantitative estimate of drug-likeness (QED) is 0.565. The van der Waals surface area contributed by atoms with Gasteiger partial charge in [0.25, 0.3) is 0 Å². The number of hydrogen-bond acceptors (Lipinski definition) is 2. The lowest BCUT2D eigenvalue weighted by molar-refractivity contribution is -0.517. The second-order valence-electron chi connectivity index (χ2n) is 4.36. The molecule has 1 aromatic carbocycles. The summed E-state index contributed by atoms with van der Waals surface area (Å²) in [6.45, 7) is 5.31. The minimum atomic E-state index is 0.582. The van der Waals surface area contributed by atoms with E-state index in [0.717, 1.165) is 18.0 Å². The van der Waals surface area contributed by atoms with Crippen molar-refractivity contribution in [2.75, 3.05) is 6.54 Å². The Hall–Kier alpha value is -1.22. The average molecular weight is 232 g/mol. The molecule has 0 atom stereocenters. The normalized spacial score (nSPS) is 18.2. The Balaban J connectivity index is 2.17. The average Bonchev–Trinajstić information content (AvgIpc) is 2.65. The summed E-state index contributed by atoms with van der Waals surface area (Å²) < 4.78 is 1.92. The van der Waals surface area contributed by atoms with E-state index in [9.17, 15) is 0 Å². The van der Waals surface area contributed by atoms with Crippen molar-refractivity contribution in [1.82, 2.24) is 0 Å². The van der Waals surface area contributed by atoms with Crippen molar-refractivity contribution in [1.29, 1.82) is 0 Å². The van der Waals surface area contributed by atoms with E-state index in [1.807, 2.05) is 10.9 Å². The van der Waals surface area contributed by atoms with E-state index in [-0.39, 0.29) is 0 Å². The van der Waals surface area contributed by atoms with Crippen LogP contribution in [0.2, 0.25) is 0 Å². The van der Waals surface area contributed by atoms with Gasteiger partial charge in [-0.2, -0.15) is 0 Å². The third-order valence-corrected chi connectivity index (χ3v) is 2.98. The molecule has 0 saturated heterocycles. The molecule has 16 heavy (non-hydrogen) atoms. The number of nitrogens with zero attached hydrogens (tertiary/aromatic N) is 2. The van der Waals surface area contributed by atoms with Gasteiger partial charge in [0.2, 0.25) is 6.21 Å². The van der Waals surface area contributed by atoms with Gasteiger partial charge >= 0.3 is 0 Å². The fraction of sp³-hybridized carbons (Fsp3) is 0.385. The smallest absolute Gasteiger partial charge is 0.203 e. The molecular formula is C13H16N2S. The standard InChI is InChI=1S/C13H16N2S/c1-10(2)12-5-3-11(4-6-12)9-15-8-7-13(16)14-15/h3-6,9-10H,7-8H2,1-2H3/b15-9+. The maximum Gasteiger partial charge on any atom is 0.203 e. The first-order valence-electron chi connectivity index (χ1n) is 5.61. The topological polar surface area (TPSA) is 15.4 Å². The molecule has 0 fully saturated rings. The fourth-order valence-electron chi connectivity index (χ4n) is 1.69. The second kappa shape index (κ2) is 4.74. The molecule has 0 N–H and O–H groups in total. The van der Waals surface area contributed by atoms with Gasteiger partial charge in [0.15, 0.2) is 6.54 Å². The number of benzene rings is 1. The van der Waals surface area contributed by atoms with E-state index in [0.29, 0.717) is 5.92 Å². The highest BCUT2D eigenvalue weighted by Crippen LogP contribution is 2.14. The molecule has 0 aromatic heterocycles. The van der Waals surface area contributed by atoms with E-state index in [1.165, 1.54) is 11.1 Å². The summed E-state index contributed by atoms with van der Waals surface area (Å²) in [4.78, 5) is 0. The molecular weight excluding hydrogens is 216 g/mol. The predicted octanol–water partition coefficient (Wildman–Crippen LogP) is 2.51. The second-order valence-corrected chi connectivity index (χ2v) is 4.83. The van der Waals surface area contributed by atoms with Crippen LogP contribution in [0.25, 0.3) is 0 Å². The van der Waals surface area contributed by atoms with Crippen LogP contribution < -0.4 is 0 Å². The molecule has 2 rings (SSSR count). The van der Waals surface area contributed by atoms with Gasteiger partial charge in [-0.05, 0) is 33.8 Å². The first-order chi connectivity index (χ1) is 7.65. The monoisotopic (exact) mass is 232 g/mol. The molecule has 84 valence electrons. The molecule has 0 aliphatic carbocycles.